The lowest BCUT2D eigenvalue weighted by molar-refractivity contribution is 0.318. The summed E-state index contributed by atoms with van der Waals surface area (Å²) in [6.45, 7) is 1.96. The Hall–Kier alpha value is -3.82. The van der Waals surface area contributed by atoms with Gasteiger partial charge in [-0.25, -0.2) is 8.42 Å². The van der Waals surface area contributed by atoms with Crippen LogP contribution in [-0.4, -0.2) is 37.5 Å². The van der Waals surface area contributed by atoms with E-state index in [-0.39, 0.29) is 4.90 Å². The second-order valence-electron chi connectivity index (χ2n) is 9.23. The molecule has 0 aliphatic carbocycles. The molecule has 0 amide bonds. The Bertz CT molecular complexity index is 1570. The number of hydrogen-bond acceptors (Lipinski definition) is 7. The van der Waals surface area contributed by atoms with Crippen LogP contribution in [0.1, 0.15) is 29.9 Å². The minimum Gasteiger partial charge on any atom is -0.497 e. The number of ether oxygens (including phenoxy) is 1. The van der Waals surface area contributed by atoms with Gasteiger partial charge in [-0.05, 0) is 66.9 Å². The van der Waals surface area contributed by atoms with Gasteiger partial charge in [-0.15, -0.1) is 0 Å². The molecule has 2 aromatic carbocycles. The minimum atomic E-state index is -3.81. The standard InChI is InChI=1S/C28H28N4O4S/c1-28(30-24-14-15-29-19-25(24)31-28)18-21-8-12-23(13-9-21)37(33,34)32(2)26(27-5-4-16-36-27)17-20-6-10-22(35-3)11-7-20/h4-16,19,26H,17-18H2,1-3H3. The Labute approximate surface area is 216 Å². The molecule has 0 spiro atoms. The van der Waals surface area contributed by atoms with E-state index in [2.05, 4.69) is 4.98 Å². The van der Waals surface area contributed by atoms with E-state index in [4.69, 9.17) is 19.1 Å². The van der Waals surface area contributed by atoms with Crippen molar-refractivity contribution in [2.45, 2.75) is 36.4 Å². The molecule has 0 saturated carbocycles. The van der Waals surface area contributed by atoms with E-state index >= 15 is 0 Å². The van der Waals surface area contributed by atoms with E-state index in [1.807, 2.05) is 49.4 Å². The molecule has 0 fully saturated rings. The van der Waals surface area contributed by atoms with Gasteiger partial charge in [0.25, 0.3) is 0 Å². The summed E-state index contributed by atoms with van der Waals surface area (Å²) in [6.07, 6.45) is 5.95. The molecule has 0 saturated heterocycles. The molecular weight excluding hydrogens is 488 g/mol. The number of aromatic nitrogens is 1. The highest BCUT2D eigenvalue weighted by Crippen LogP contribution is 2.31. The van der Waals surface area contributed by atoms with E-state index < -0.39 is 21.7 Å². The van der Waals surface area contributed by atoms with Crippen LogP contribution < -0.4 is 15.5 Å². The van der Waals surface area contributed by atoms with Gasteiger partial charge in [0.05, 0.1) is 35.9 Å². The Morgan fingerprint density at radius 3 is 2.32 bits per heavy atom. The molecule has 0 radical (unpaired) electrons. The van der Waals surface area contributed by atoms with Crippen LogP contribution in [0.4, 0.5) is 0 Å². The third kappa shape index (κ3) is 5.19. The maximum Gasteiger partial charge on any atom is 0.243 e. The molecule has 1 aliphatic rings. The molecule has 2 aromatic heterocycles. The Morgan fingerprint density at radius 1 is 0.973 bits per heavy atom. The molecule has 3 heterocycles. The number of furan rings is 1. The summed E-state index contributed by atoms with van der Waals surface area (Å²) in [4.78, 5) is 13.8. The van der Waals surface area contributed by atoms with Gasteiger partial charge in [-0.2, -0.15) is 4.31 Å². The minimum absolute atomic E-state index is 0.211. The summed E-state index contributed by atoms with van der Waals surface area (Å²) in [6, 6.07) is 19.4. The summed E-state index contributed by atoms with van der Waals surface area (Å²) < 4.78 is 39.5. The van der Waals surface area contributed by atoms with Crippen molar-refractivity contribution < 1.29 is 17.6 Å². The van der Waals surface area contributed by atoms with Gasteiger partial charge in [0.2, 0.25) is 10.0 Å². The lowest BCUT2D eigenvalue weighted by Gasteiger charge is -2.26. The molecule has 5 rings (SSSR count). The quantitative estimate of drug-likeness (QED) is 0.339. The predicted molar refractivity (Wildman–Crippen MR) is 138 cm³/mol. The summed E-state index contributed by atoms with van der Waals surface area (Å²) >= 11 is 0. The smallest absolute Gasteiger partial charge is 0.243 e. The average molecular weight is 517 g/mol. The fourth-order valence-electron chi connectivity index (χ4n) is 4.56. The summed E-state index contributed by atoms with van der Waals surface area (Å²) in [5.74, 6) is 1.32. The maximum atomic E-state index is 13.6. The average Bonchev–Trinajstić information content (AvgIpc) is 3.55. The number of hydrogen-bond donors (Lipinski definition) is 0. The Morgan fingerprint density at radius 2 is 1.68 bits per heavy atom. The third-order valence-corrected chi connectivity index (χ3v) is 8.42. The number of methoxy groups -OCH3 is 1. The van der Waals surface area contributed by atoms with Gasteiger partial charge in [0, 0.05) is 19.7 Å². The van der Waals surface area contributed by atoms with Crippen LogP contribution in [0.5, 0.6) is 5.75 Å². The molecule has 190 valence electrons. The molecule has 8 nitrogen and oxygen atoms in total. The number of benzene rings is 2. The lowest BCUT2D eigenvalue weighted by Crippen LogP contribution is -2.32. The highest BCUT2D eigenvalue weighted by atomic mass is 32.2. The van der Waals surface area contributed by atoms with Crippen LogP contribution in [-0.2, 0) is 22.9 Å². The van der Waals surface area contributed by atoms with Crippen LogP contribution in [0.3, 0.4) is 0 Å². The van der Waals surface area contributed by atoms with Crippen LogP contribution in [0.15, 0.2) is 105 Å². The molecule has 1 aliphatic heterocycles. The number of pyridine rings is 1. The molecular formula is C28H28N4O4S. The van der Waals surface area contributed by atoms with Crippen molar-refractivity contribution in [3.8, 4) is 5.75 Å². The van der Waals surface area contributed by atoms with E-state index in [1.54, 1.807) is 57.1 Å². The largest absolute Gasteiger partial charge is 0.497 e. The fraction of sp³-hybridized carbons (Fsp3) is 0.250. The number of likely N-dealkylation sites (N-methyl/N-ethyl adjacent to an activating group) is 1. The van der Waals surface area contributed by atoms with Gasteiger partial charge in [0.15, 0.2) is 5.66 Å². The van der Waals surface area contributed by atoms with Gasteiger partial charge < -0.3 is 9.15 Å². The number of rotatable bonds is 9. The first-order chi connectivity index (χ1) is 17.8. The molecule has 9 heteroatoms. The summed E-state index contributed by atoms with van der Waals surface area (Å²) in [5.41, 5.74) is 1.26. The zero-order valence-corrected chi connectivity index (χ0v) is 21.7. The van der Waals surface area contributed by atoms with Crippen molar-refractivity contribution in [3.05, 3.63) is 113 Å². The van der Waals surface area contributed by atoms with Crippen molar-refractivity contribution in [2.24, 2.45) is 9.98 Å². The maximum absolute atomic E-state index is 13.6. The van der Waals surface area contributed by atoms with Crippen LogP contribution >= 0.6 is 0 Å². The van der Waals surface area contributed by atoms with Crippen molar-refractivity contribution in [1.29, 1.82) is 0 Å². The third-order valence-electron chi connectivity index (χ3n) is 6.54. The summed E-state index contributed by atoms with van der Waals surface area (Å²) in [5, 5.41) is 1.59. The first-order valence-corrected chi connectivity index (χ1v) is 13.3. The lowest BCUT2D eigenvalue weighted by atomic mass is 10.0. The SMILES string of the molecule is COc1ccc(CC(c2ccco2)N(C)S(=O)(=O)c2ccc(CC3(C)N=c4ccncc4=N3)cc2)cc1. The summed E-state index contributed by atoms with van der Waals surface area (Å²) in [7, 11) is -0.609. The van der Waals surface area contributed by atoms with Crippen molar-refractivity contribution in [3.63, 3.8) is 0 Å². The topological polar surface area (TPSA) is 97.4 Å². The second-order valence-corrected chi connectivity index (χ2v) is 11.2. The van der Waals surface area contributed by atoms with E-state index in [9.17, 15) is 8.42 Å². The van der Waals surface area contributed by atoms with Gasteiger partial charge in [-0.3, -0.25) is 15.0 Å². The van der Waals surface area contributed by atoms with Crippen molar-refractivity contribution >= 4 is 10.0 Å². The molecule has 4 aromatic rings. The monoisotopic (exact) mass is 516 g/mol. The van der Waals surface area contributed by atoms with Crippen LogP contribution in [0, 0.1) is 0 Å². The molecule has 0 bridgehead atoms. The predicted octanol–water partition coefficient (Wildman–Crippen LogP) is 3.50. The van der Waals surface area contributed by atoms with Crippen LogP contribution in [0.2, 0.25) is 0 Å². The van der Waals surface area contributed by atoms with Gasteiger partial charge in [0.1, 0.15) is 16.9 Å². The van der Waals surface area contributed by atoms with Crippen molar-refractivity contribution in [2.75, 3.05) is 14.2 Å². The molecule has 2 atom stereocenters. The van der Waals surface area contributed by atoms with E-state index in [0.29, 0.717) is 18.6 Å². The molecule has 2 unspecified atom stereocenters. The van der Waals surface area contributed by atoms with Crippen molar-refractivity contribution in [1.82, 2.24) is 9.29 Å². The zero-order chi connectivity index (χ0) is 26.0. The normalized spacial score (nSPS) is 17.6. The van der Waals surface area contributed by atoms with Gasteiger partial charge in [-0.1, -0.05) is 24.3 Å². The second kappa shape index (κ2) is 9.91. The van der Waals surface area contributed by atoms with Gasteiger partial charge >= 0.3 is 0 Å². The highest BCUT2D eigenvalue weighted by molar-refractivity contribution is 7.89. The Balaban J connectivity index is 1.37. The first kappa shape index (κ1) is 24.9. The fourth-order valence-corrected chi connectivity index (χ4v) is 5.88. The highest BCUT2D eigenvalue weighted by Gasteiger charge is 2.31. The first-order valence-electron chi connectivity index (χ1n) is 11.9. The zero-order valence-electron chi connectivity index (χ0n) is 20.9. The van der Waals surface area contributed by atoms with E-state index in [0.717, 1.165) is 27.6 Å². The van der Waals surface area contributed by atoms with Crippen LogP contribution in [0.25, 0.3) is 0 Å². The number of sulfonamides is 1. The molecule has 0 N–H and O–H groups in total. The number of fused-ring (bicyclic) bond motifs is 1. The Kier molecular flexibility index (Phi) is 6.66. The number of nitrogens with zero attached hydrogens (tertiary/aromatic N) is 4. The molecule has 37 heavy (non-hydrogen) atoms. The van der Waals surface area contributed by atoms with E-state index in [1.165, 1.54) is 4.31 Å².